The summed E-state index contributed by atoms with van der Waals surface area (Å²) in [5, 5.41) is 10.7. The fourth-order valence-corrected chi connectivity index (χ4v) is 14.8. The SMILES string of the molecule is CCCCCCCCCCCCCCCCCCCCCC(=O)OC[C@H](COP(=O)(O)OC[C@@H](O)COP(=O)(O)OC[C@@H](COC(=O)CCCCCCCCC(C)CC)OC(=O)CCCCCCCCCCCCCCCCCC)OC(=O)CCCCCCCCCCCCCCCCCCCCC. The zero-order chi connectivity index (χ0) is 76.2. The number of aliphatic hydroxyl groups is 1. The third-order valence-corrected chi connectivity index (χ3v) is 22.3. The van der Waals surface area contributed by atoms with Gasteiger partial charge in [0, 0.05) is 25.7 Å². The van der Waals surface area contributed by atoms with Gasteiger partial charge in [0.2, 0.25) is 0 Å². The molecule has 6 atom stereocenters. The predicted molar refractivity (Wildman–Crippen MR) is 428 cm³/mol. The van der Waals surface area contributed by atoms with Gasteiger partial charge in [-0.25, -0.2) is 9.13 Å². The number of phosphoric ester groups is 2. The predicted octanol–water partition coefficient (Wildman–Crippen LogP) is 26.0. The number of ether oxygens (including phenoxy) is 4. The molecule has 0 bridgehead atoms. The van der Waals surface area contributed by atoms with E-state index in [-0.39, 0.29) is 25.7 Å². The van der Waals surface area contributed by atoms with Crippen molar-refractivity contribution in [3.8, 4) is 0 Å². The van der Waals surface area contributed by atoms with E-state index in [1.807, 2.05) is 0 Å². The summed E-state index contributed by atoms with van der Waals surface area (Å²) in [6.45, 7) is 7.32. The van der Waals surface area contributed by atoms with Crippen molar-refractivity contribution >= 4 is 39.5 Å². The minimum absolute atomic E-state index is 0.108. The molecule has 0 aliphatic heterocycles. The highest BCUT2D eigenvalue weighted by atomic mass is 31.2. The minimum Gasteiger partial charge on any atom is -0.462 e. The molecule has 0 spiro atoms. The maximum absolute atomic E-state index is 13.1. The number of rotatable bonds is 85. The van der Waals surface area contributed by atoms with E-state index in [1.165, 1.54) is 276 Å². The Morgan fingerprint density at radius 1 is 0.269 bits per heavy atom. The highest BCUT2D eigenvalue weighted by Gasteiger charge is 2.30. The normalized spacial score (nSPS) is 14.0. The number of hydrogen-bond donors (Lipinski definition) is 3. The third-order valence-electron chi connectivity index (χ3n) is 20.4. The Bertz CT molecular complexity index is 1980. The van der Waals surface area contributed by atoms with Crippen molar-refractivity contribution < 1.29 is 80.2 Å². The van der Waals surface area contributed by atoms with Crippen LogP contribution in [0.25, 0.3) is 0 Å². The fourth-order valence-electron chi connectivity index (χ4n) is 13.3. The highest BCUT2D eigenvalue weighted by molar-refractivity contribution is 7.47. The Kier molecular flexibility index (Phi) is 76.3. The van der Waals surface area contributed by atoms with Crippen LogP contribution < -0.4 is 0 Å². The van der Waals surface area contributed by atoms with Crippen molar-refractivity contribution in [1.29, 1.82) is 0 Å². The molecule has 0 rings (SSSR count). The van der Waals surface area contributed by atoms with Crippen molar-refractivity contribution in [3.63, 3.8) is 0 Å². The van der Waals surface area contributed by atoms with Gasteiger partial charge in [-0.2, -0.15) is 0 Å². The second-order valence-corrected chi connectivity index (χ2v) is 33.7. The molecule has 104 heavy (non-hydrogen) atoms. The summed E-state index contributed by atoms with van der Waals surface area (Å²) in [4.78, 5) is 73.2. The monoisotopic (exact) mass is 1520 g/mol. The number of unbranched alkanes of at least 4 members (excludes halogenated alkanes) is 56. The number of carbonyl (C=O) groups is 4. The van der Waals surface area contributed by atoms with Gasteiger partial charge < -0.3 is 33.8 Å². The van der Waals surface area contributed by atoms with E-state index in [9.17, 15) is 43.2 Å². The number of hydrogen-bond acceptors (Lipinski definition) is 15. The van der Waals surface area contributed by atoms with E-state index in [2.05, 4.69) is 34.6 Å². The van der Waals surface area contributed by atoms with Gasteiger partial charge >= 0.3 is 39.5 Å². The minimum atomic E-state index is -4.96. The van der Waals surface area contributed by atoms with E-state index in [1.54, 1.807) is 0 Å². The summed E-state index contributed by atoms with van der Waals surface area (Å²) in [7, 11) is -9.93. The first-order valence-electron chi connectivity index (χ1n) is 44.2. The van der Waals surface area contributed by atoms with Gasteiger partial charge in [0.1, 0.15) is 19.3 Å². The van der Waals surface area contributed by atoms with Gasteiger partial charge in [-0.05, 0) is 31.6 Å². The first kappa shape index (κ1) is 102. The molecule has 0 aliphatic rings. The lowest BCUT2D eigenvalue weighted by Crippen LogP contribution is -2.30. The van der Waals surface area contributed by atoms with Crippen molar-refractivity contribution in [2.24, 2.45) is 5.92 Å². The van der Waals surface area contributed by atoms with Gasteiger partial charge in [0.15, 0.2) is 12.2 Å². The van der Waals surface area contributed by atoms with Crippen LogP contribution in [0.3, 0.4) is 0 Å². The molecule has 3 N–H and O–H groups in total. The van der Waals surface area contributed by atoms with Crippen LogP contribution in [-0.4, -0.2) is 96.7 Å². The van der Waals surface area contributed by atoms with Crippen LogP contribution in [0.1, 0.15) is 458 Å². The molecule has 0 amide bonds. The Morgan fingerprint density at radius 2 is 0.462 bits per heavy atom. The maximum atomic E-state index is 13.1. The molecule has 0 aliphatic carbocycles. The topological polar surface area (TPSA) is 237 Å². The van der Waals surface area contributed by atoms with E-state index in [0.717, 1.165) is 102 Å². The average molecular weight is 1520 g/mol. The van der Waals surface area contributed by atoms with Gasteiger partial charge in [-0.1, -0.05) is 407 Å². The Balaban J connectivity index is 5.23. The van der Waals surface area contributed by atoms with E-state index >= 15 is 0 Å². The molecule has 0 saturated heterocycles. The lowest BCUT2D eigenvalue weighted by molar-refractivity contribution is -0.161. The fraction of sp³-hybridized carbons (Fsp3) is 0.953. The quantitative estimate of drug-likeness (QED) is 0.0222. The standard InChI is InChI=1S/C85H166O17P2/c1-6-10-13-16-19-22-25-28-31-34-36-38-41-43-46-49-52-58-63-68-82(87)95-74-80(101-84(89)70-66-61-54-51-48-45-42-39-37-35-32-29-26-23-20-17-14-11-7-2)76-99-103(91,92)97-72-79(86)73-98-104(93,94)100-77-81(75-96-83(88)69-64-59-56-55-57-62-67-78(5)9-4)102-85(90)71-65-60-53-50-47-44-40-33-30-27-24-21-18-15-12-8-3/h78-81,86H,6-77H2,1-5H3,(H,91,92)(H,93,94)/t78?,79-,80-,81-/m1/s1. The molecular weight excluding hydrogens is 1350 g/mol. The van der Waals surface area contributed by atoms with Gasteiger partial charge in [0.25, 0.3) is 0 Å². The number of phosphoric acid groups is 2. The number of esters is 4. The smallest absolute Gasteiger partial charge is 0.462 e. The summed E-state index contributed by atoms with van der Waals surface area (Å²) in [5.41, 5.74) is 0. The average Bonchev–Trinajstić information content (AvgIpc) is 0.955. The molecule has 17 nitrogen and oxygen atoms in total. The first-order chi connectivity index (χ1) is 50.6. The first-order valence-corrected chi connectivity index (χ1v) is 47.2. The third kappa shape index (κ3) is 76.8. The van der Waals surface area contributed by atoms with Crippen LogP contribution in [-0.2, 0) is 65.4 Å². The summed E-state index contributed by atoms with van der Waals surface area (Å²) in [6.07, 6.45) is 70.9. The molecule has 618 valence electrons. The number of aliphatic hydroxyl groups excluding tert-OH is 1. The van der Waals surface area contributed by atoms with Crippen LogP contribution >= 0.6 is 15.6 Å². The second kappa shape index (κ2) is 77.8. The largest absolute Gasteiger partial charge is 0.472 e. The van der Waals surface area contributed by atoms with Crippen molar-refractivity contribution in [3.05, 3.63) is 0 Å². The van der Waals surface area contributed by atoms with Crippen LogP contribution in [0.5, 0.6) is 0 Å². The second-order valence-electron chi connectivity index (χ2n) is 30.8. The Labute approximate surface area is 638 Å². The lowest BCUT2D eigenvalue weighted by atomic mass is 10.00. The maximum Gasteiger partial charge on any atom is 0.472 e. The van der Waals surface area contributed by atoms with Crippen LogP contribution in [0.15, 0.2) is 0 Å². The van der Waals surface area contributed by atoms with Crippen LogP contribution in [0.2, 0.25) is 0 Å². The molecule has 0 radical (unpaired) electrons. The van der Waals surface area contributed by atoms with Crippen LogP contribution in [0.4, 0.5) is 0 Å². The molecular formula is C85H166O17P2. The summed E-state index contributed by atoms with van der Waals surface area (Å²) in [5.74, 6) is -1.37. The highest BCUT2D eigenvalue weighted by Crippen LogP contribution is 2.45. The summed E-state index contributed by atoms with van der Waals surface area (Å²) in [6, 6.07) is 0. The van der Waals surface area contributed by atoms with E-state index in [4.69, 9.17) is 37.0 Å². The van der Waals surface area contributed by atoms with Gasteiger partial charge in [-0.3, -0.25) is 37.3 Å². The van der Waals surface area contributed by atoms with Crippen molar-refractivity contribution in [2.45, 2.75) is 477 Å². The summed E-state index contributed by atoms with van der Waals surface area (Å²) < 4.78 is 68.9. The molecule has 3 unspecified atom stereocenters. The molecule has 0 aromatic carbocycles. The van der Waals surface area contributed by atoms with E-state index in [0.29, 0.717) is 25.7 Å². The van der Waals surface area contributed by atoms with Crippen molar-refractivity contribution in [1.82, 2.24) is 0 Å². The number of carbonyl (C=O) groups excluding carboxylic acids is 4. The Morgan fingerprint density at radius 3 is 0.683 bits per heavy atom. The summed E-state index contributed by atoms with van der Waals surface area (Å²) >= 11 is 0. The molecule has 19 heteroatoms. The molecule has 0 heterocycles. The van der Waals surface area contributed by atoms with Crippen LogP contribution in [0, 0.1) is 5.92 Å². The molecule has 0 fully saturated rings. The molecule has 0 aromatic heterocycles. The zero-order valence-electron chi connectivity index (χ0n) is 68.2. The molecule has 0 aromatic rings. The van der Waals surface area contributed by atoms with Gasteiger partial charge in [-0.15, -0.1) is 0 Å². The van der Waals surface area contributed by atoms with E-state index < -0.39 is 97.5 Å². The van der Waals surface area contributed by atoms with Crippen molar-refractivity contribution in [2.75, 3.05) is 39.6 Å². The Hall–Kier alpha value is -1.94. The van der Waals surface area contributed by atoms with Gasteiger partial charge in [0.05, 0.1) is 26.4 Å². The zero-order valence-corrected chi connectivity index (χ0v) is 70.0. The molecule has 0 saturated carbocycles. The lowest BCUT2D eigenvalue weighted by Gasteiger charge is -2.21.